The molecule has 4 rings (SSSR count). The maximum absolute atomic E-state index is 15.0. The molecule has 1 aromatic heterocycles. The van der Waals surface area contributed by atoms with Gasteiger partial charge in [0.2, 0.25) is 5.91 Å². The van der Waals surface area contributed by atoms with Crippen molar-refractivity contribution in [2.75, 3.05) is 24.6 Å². The smallest absolute Gasteiger partial charge is 0.414 e. The Labute approximate surface area is 199 Å². The molecule has 2 amide bonds. The van der Waals surface area contributed by atoms with Gasteiger partial charge in [-0.3, -0.25) is 9.69 Å². The number of cyclic esters (lactones) is 1. The van der Waals surface area contributed by atoms with Crippen LogP contribution in [0.25, 0.3) is 11.1 Å². The molecule has 3 aromatic rings. The predicted molar refractivity (Wildman–Crippen MR) is 125 cm³/mol. The predicted octanol–water partition coefficient (Wildman–Crippen LogP) is 2.63. The number of ether oxygens (including phenoxy) is 1. The average molecular weight is 486 g/mol. The van der Waals surface area contributed by atoms with E-state index in [4.69, 9.17) is 4.74 Å². The normalized spacial score (nSPS) is 16.4. The standard InChI is InChI=1S/C23H24FN5O4S/c1-14(31)25-10-19-11-29(23(32)33-19)18-6-7-20(21(24)8-18)15-2-4-16(5-3-15)22(12-30)26-9-17-13-34-28-27-17/h2-8,13,19,22,26,30H,9-12H2,1H3,(H,25,31)/t19-,22?/m0/s1. The lowest BCUT2D eigenvalue weighted by molar-refractivity contribution is -0.119. The van der Waals surface area contributed by atoms with Crippen molar-refractivity contribution in [1.29, 1.82) is 0 Å². The lowest BCUT2D eigenvalue weighted by atomic mass is 10.00. The zero-order chi connectivity index (χ0) is 24.1. The molecule has 0 radical (unpaired) electrons. The highest BCUT2D eigenvalue weighted by Gasteiger charge is 2.32. The van der Waals surface area contributed by atoms with Crippen LogP contribution in [0.4, 0.5) is 14.9 Å². The molecule has 0 aliphatic carbocycles. The number of hydrogen-bond acceptors (Lipinski definition) is 8. The molecule has 0 spiro atoms. The lowest BCUT2D eigenvalue weighted by Gasteiger charge is -2.17. The molecule has 3 N–H and O–H groups in total. The Morgan fingerprint density at radius 1 is 1.32 bits per heavy atom. The largest absolute Gasteiger partial charge is 0.442 e. The van der Waals surface area contributed by atoms with E-state index in [-0.39, 0.29) is 31.6 Å². The Bertz CT molecular complexity index is 1140. The number of nitrogens with one attached hydrogen (secondary N) is 2. The van der Waals surface area contributed by atoms with Crippen LogP contribution in [0.2, 0.25) is 0 Å². The van der Waals surface area contributed by atoms with Crippen LogP contribution < -0.4 is 15.5 Å². The number of aromatic nitrogens is 2. The number of carbonyl (C=O) groups is 2. The van der Waals surface area contributed by atoms with Gasteiger partial charge in [-0.15, -0.1) is 5.10 Å². The van der Waals surface area contributed by atoms with Gasteiger partial charge >= 0.3 is 6.09 Å². The van der Waals surface area contributed by atoms with Crippen molar-refractivity contribution in [1.82, 2.24) is 20.2 Å². The molecule has 0 saturated carbocycles. The summed E-state index contributed by atoms with van der Waals surface area (Å²) >= 11 is 1.26. The first-order chi connectivity index (χ1) is 16.4. The summed E-state index contributed by atoms with van der Waals surface area (Å²) in [5.74, 6) is -0.690. The second-order valence-electron chi connectivity index (χ2n) is 7.85. The van der Waals surface area contributed by atoms with Crippen LogP contribution in [0.5, 0.6) is 0 Å². The minimum atomic E-state index is -0.581. The van der Waals surface area contributed by atoms with Crippen LogP contribution in [-0.4, -0.2) is 52.5 Å². The molecule has 34 heavy (non-hydrogen) atoms. The van der Waals surface area contributed by atoms with Gasteiger partial charge in [-0.05, 0) is 40.9 Å². The molecule has 9 nitrogen and oxygen atoms in total. The molecule has 178 valence electrons. The number of halogens is 1. The molecule has 11 heteroatoms. The van der Waals surface area contributed by atoms with Crippen LogP contribution in [0, 0.1) is 5.82 Å². The number of rotatable bonds is 9. The van der Waals surface area contributed by atoms with Gasteiger partial charge in [0.25, 0.3) is 0 Å². The highest BCUT2D eigenvalue weighted by Crippen LogP contribution is 2.30. The highest BCUT2D eigenvalue weighted by atomic mass is 32.1. The van der Waals surface area contributed by atoms with Crippen molar-refractivity contribution in [3.05, 3.63) is 64.9 Å². The number of anilines is 1. The Balaban J connectivity index is 1.43. The first kappa shape index (κ1) is 23.7. The van der Waals surface area contributed by atoms with E-state index in [0.29, 0.717) is 23.4 Å². The van der Waals surface area contributed by atoms with Crippen molar-refractivity contribution in [2.45, 2.75) is 25.6 Å². The average Bonchev–Trinajstić information content (AvgIpc) is 3.48. The molecule has 2 atom stereocenters. The lowest BCUT2D eigenvalue weighted by Crippen LogP contribution is -2.33. The van der Waals surface area contributed by atoms with E-state index in [0.717, 1.165) is 11.3 Å². The Kier molecular flexibility index (Phi) is 7.46. The number of benzene rings is 2. The zero-order valence-corrected chi connectivity index (χ0v) is 19.2. The maximum atomic E-state index is 15.0. The minimum absolute atomic E-state index is 0.102. The second-order valence-corrected chi connectivity index (χ2v) is 8.46. The fourth-order valence-electron chi connectivity index (χ4n) is 3.67. The Hall–Kier alpha value is -3.41. The van der Waals surface area contributed by atoms with Crippen LogP contribution >= 0.6 is 11.5 Å². The molecular formula is C23H24FN5O4S. The van der Waals surface area contributed by atoms with Crippen LogP contribution in [0.15, 0.2) is 47.8 Å². The number of amides is 2. The summed E-state index contributed by atoms with van der Waals surface area (Å²) in [4.78, 5) is 24.6. The van der Waals surface area contributed by atoms with Crippen LogP contribution in [-0.2, 0) is 16.1 Å². The van der Waals surface area contributed by atoms with Crippen molar-refractivity contribution in [3.63, 3.8) is 0 Å². The van der Waals surface area contributed by atoms with E-state index in [1.54, 1.807) is 24.3 Å². The third-order valence-corrected chi connectivity index (χ3v) is 6.01. The number of hydrogen-bond donors (Lipinski definition) is 3. The monoisotopic (exact) mass is 485 g/mol. The van der Waals surface area contributed by atoms with Gasteiger partial charge in [0.15, 0.2) is 0 Å². The zero-order valence-electron chi connectivity index (χ0n) is 18.4. The molecule has 1 fully saturated rings. The first-order valence-electron chi connectivity index (χ1n) is 10.7. The van der Waals surface area contributed by atoms with E-state index in [9.17, 15) is 19.1 Å². The first-order valence-corrected chi connectivity index (χ1v) is 11.5. The number of aliphatic hydroxyl groups is 1. The second kappa shape index (κ2) is 10.7. The van der Waals surface area contributed by atoms with Gasteiger partial charge in [0, 0.05) is 24.4 Å². The fraction of sp³-hybridized carbons (Fsp3) is 0.304. The molecule has 1 unspecified atom stereocenters. The molecule has 1 aliphatic rings. The van der Waals surface area contributed by atoms with Gasteiger partial charge in [-0.1, -0.05) is 28.8 Å². The fourth-order valence-corrected chi connectivity index (χ4v) is 4.13. The SMILES string of the molecule is CC(=O)NC[C@H]1CN(c2ccc(-c3ccc(C(CO)NCc4csnn4)cc3)c(F)c2)C(=O)O1. The molecular weight excluding hydrogens is 461 g/mol. The quantitative estimate of drug-likeness (QED) is 0.427. The van der Waals surface area contributed by atoms with E-state index in [1.165, 1.54) is 29.4 Å². The number of aliphatic hydroxyl groups excluding tert-OH is 1. The third kappa shape index (κ3) is 5.56. The van der Waals surface area contributed by atoms with Gasteiger partial charge < -0.3 is 20.5 Å². The van der Waals surface area contributed by atoms with E-state index < -0.39 is 18.0 Å². The van der Waals surface area contributed by atoms with Crippen molar-refractivity contribution < 1.29 is 23.8 Å². The third-order valence-electron chi connectivity index (χ3n) is 5.46. The van der Waals surface area contributed by atoms with Crippen molar-refractivity contribution in [2.24, 2.45) is 0 Å². The van der Waals surface area contributed by atoms with Crippen molar-refractivity contribution in [3.8, 4) is 11.1 Å². The topological polar surface area (TPSA) is 117 Å². The molecule has 1 aliphatic heterocycles. The summed E-state index contributed by atoms with van der Waals surface area (Å²) < 4.78 is 24.0. The summed E-state index contributed by atoms with van der Waals surface area (Å²) in [6.45, 7) is 2.18. The van der Waals surface area contributed by atoms with Gasteiger partial charge in [0.1, 0.15) is 11.9 Å². The summed E-state index contributed by atoms with van der Waals surface area (Å²) in [5.41, 5.74) is 3.09. The van der Waals surface area contributed by atoms with Crippen molar-refractivity contribution >= 4 is 29.2 Å². The molecule has 0 bridgehead atoms. The minimum Gasteiger partial charge on any atom is -0.442 e. The number of nitrogens with zero attached hydrogens (tertiary/aromatic N) is 3. The van der Waals surface area contributed by atoms with Crippen LogP contribution in [0.3, 0.4) is 0 Å². The maximum Gasteiger partial charge on any atom is 0.414 e. The molecule has 2 aromatic carbocycles. The molecule has 2 heterocycles. The number of carbonyl (C=O) groups excluding carboxylic acids is 2. The van der Waals surface area contributed by atoms with E-state index in [2.05, 4.69) is 20.2 Å². The van der Waals surface area contributed by atoms with E-state index in [1.807, 2.05) is 17.5 Å². The van der Waals surface area contributed by atoms with Gasteiger partial charge in [0.05, 0.1) is 37.1 Å². The summed E-state index contributed by atoms with van der Waals surface area (Å²) in [6.07, 6.45) is -1.07. The Morgan fingerprint density at radius 3 is 2.76 bits per heavy atom. The summed E-state index contributed by atoms with van der Waals surface area (Å²) in [7, 11) is 0. The summed E-state index contributed by atoms with van der Waals surface area (Å²) in [6, 6.07) is 11.5. The van der Waals surface area contributed by atoms with Gasteiger partial charge in [-0.25, -0.2) is 9.18 Å². The van der Waals surface area contributed by atoms with E-state index >= 15 is 0 Å². The summed E-state index contributed by atoms with van der Waals surface area (Å²) in [5, 5.41) is 21.4. The van der Waals surface area contributed by atoms with Crippen LogP contribution in [0.1, 0.15) is 24.2 Å². The molecule has 1 saturated heterocycles. The Morgan fingerprint density at radius 2 is 2.12 bits per heavy atom. The highest BCUT2D eigenvalue weighted by molar-refractivity contribution is 7.03. The van der Waals surface area contributed by atoms with Gasteiger partial charge in [-0.2, -0.15) is 0 Å².